The van der Waals surface area contributed by atoms with Crippen molar-refractivity contribution in [3.8, 4) is 0 Å². The van der Waals surface area contributed by atoms with Crippen LogP contribution in [-0.2, 0) is 9.59 Å². The van der Waals surface area contributed by atoms with Crippen molar-refractivity contribution in [2.45, 2.75) is 65.3 Å². The molecule has 0 spiro atoms. The van der Waals surface area contributed by atoms with Crippen LogP contribution in [0.15, 0.2) is 0 Å². The molecule has 138 valence electrons. The molecule has 2 aliphatic heterocycles. The highest BCUT2D eigenvalue weighted by Gasteiger charge is 2.29. The molecule has 1 unspecified atom stereocenters. The van der Waals surface area contributed by atoms with Crippen LogP contribution >= 0.6 is 0 Å². The van der Waals surface area contributed by atoms with Crippen molar-refractivity contribution in [3.63, 3.8) is 0 Å². The topological polar surface area (TPSA) is 43.9 Å². The molecule has 2 heterocycles. The van der Waals surface area contributed by atoms with Crippen molar-refractivity contribution in [2.75, 3.05) is 39.3 Å². The minimum atomic E-state index is 0.148. The summed E-state index contributed by atoms with van der Waals surface area (Å²) in [6.07, 6.45) is 6.53. The van der Waals surface area contributed by atoms with Crippen LogP contribution in [0.3, 0.4) is 0 Å². The summed E-state index contributed by atoms with van der Waals surface area (Å²) in [7, 11) is 0. The molecule has 0 N–H and O–H groups in total. The maximum atomic E-state index is 12.4. The lowest BCUT2D eigenvalue weighted by molar-refractivity contribution is -0.139. The molecule has 5 nitrogen and oxygen atoms in total. The zero-order chi connectivity index (χ0) is 17.5. The van der Waals surface area contributed by atoms with Gasteiger partial charge in [-0.2, -0.15) is 0 Å². The first kappa shape index (κ1) is 19.2. The van der Waals surface area contributed by atoms with E-state index in [1.807, 2.05) is 9.80 Å². The molecule has 0 radical (unpaired) electrons. The van der Waals surface area contributed by atoms with Gasteiger partial charge in [0.05, 0.1) is 0 Å². The summed E-state index contributed by atoms with van der Waals surface area (Å²) in [5, 5.41) is 0. The Kier molecular flexibility index (Phi) is 7.53. The Labute approximate surface area is 147 Å². The first-order chi connectivity index (χ1) is 11.5. The first-order valence-electron chi connectivity index (χ1n) is 9.74. The van der Waals surface area contributed by atoms with E-state index < -0.39 is 0 Å². The van der Waals surface area contributed by atoms with E-state index in [0.717, 1.165) is 45.6 Å². The van der Waals surface area contributed by atoms with Gasteiger partial charge in [0.2, 0.25) is 11.8 Å². The van der Waals surface area contributed by atoms with Gasteiger partial charge < -0.3 is 14.7 Å². The van der Waals surface area contributed by atoms with Gasteiger partial charge in [-0.1, -0.05) is 20.3 Å². The molecular weight excluding hydrogens is 302 g/mol. The Balaban J connectivity index is 1.88. The molecule has 0 bridgehead atoms. The van der Waals surface area contributed by atoms with Crippen LogP contribution < -0.4 is 0 Å². The molecular formula is C19H35N3O2. The number of hydrogen-bond donors (Lipinski definition) is 0. The predicted octanol–water partition coefficient (Wildman–Crippen LogP) is 2.36. The van der Waals surface area contributed by atoms with Crippen molar-refractivity contribution in [1.82, 2.24) is 14.7 Å². The van der Waals surface area contributed by atoms with Crippen molar-refractivity contribution in [2.24, 2.45) is 5.92 Å². The zero-order valence-corrected chi connectivity index (χ0v) is 15.8. The van der Waals surface area contributed by atoms with Crippen LogP contribution in [0.5, 0.6) is 0 Å². The minimum absolute atomic E-state index is 0.148. The number of carbonyl (C=O) groups excluding carboxylic acids is 2. The van der Waals surface area contributed by atoms with Gasteiger partial charge in [0.1, 0.15) is 0 Å². The van der Waals surface area contributed by atoms with Crippen LogP contribution in [0.2, 0.25) is 0 Å². The average Bonchev–Trinajstić information content (AvgIpc) is 2.55. The summed E-state index contributed by atoms with van der Waals surface area (Å²) in [4.78, 5) is 31.0. The van der Waals surface area contributed by atoms with E-state index in [-0.39, 0.29) is 17.9 Å². The molecule has 24 heavy (non-hydrogen) atoms. The Morgan fingerprint density at radius 2 is 1.79 bits per heavy atom. The van der Waals surface area contributed by atoms with Crippen LogP contribution in [0.1, 0.15) is 59.3 Å². The number of carbonyl (C=O) groups is 2. The Hall–Kier alpha value is -1.10. The van der Waals surface area contributed by atoms with Crippen molar-refractivity contribution in [1.29, 1.82) is 0 Å². The van der Waals surface area contributed by atoms with E-state index in [2.05, 4.69) is 18.7 Å². The molecule has 0 aromatic carbocycles. The summed E-state index contributed by atoms with van der Waals surface area (Å²) >= 11 is 0. The normalized spacial score (nSPS) is 22.7. The van der Waals surface area contributed by atoms with Crippen LogP contribution in [0, 0.1) is 5.92 Å². The molecule has 1 atom stereocenters. The highest BCUT2D eigenvalue weighted by Crippen LogP contribution is 2.19. The number of piperidine rings is 2. The average molecular weight is 338 g/mol. The molecule has 2 fully saturated rings. The van der Waals surface area contributed by atoms with Gasteiger partial charge in [-0.05, 0) is 44.7 Å². The molecule has 2 amide bonds. The van der Waals surface area contributed by atoms with Gasteiger partial charge in [0.15, 0.2) is 0 Å². The number of hydrogen-bond acceptors (Lipinski definition) is 3. The second-order valence-electron chi connectivity index (χ2n) is 7.85. The third-order valence-corrected chi connectivity index (χ3v) is 5.28. The summed E-state index contributed by atoms with van der Waals surface area (Å²) in [5.74, 6) is 0.783. The molecule has 0 aliphatic carbocycles. The van der Waals surface area contributed by atoms with Gasteiger partial charge in [0.25, 0.3) is 0 Å². The molecule has 0 saturated carbocycles. The van der Waals surface area contributed by atoms with Gasteiger partial charge >= 0.3 is 0 Å². The number of amides is 2. The third-order valence-electron chi connectivity index (χ3n) is 5.28. The quantitative estimate of drug-likeness (QED) is 0.747. The smallest absolute Gasteiger partial charge is 0.222 e. The molecule has 2 aliphatic rings. The molecule has 2 saturated heterocycles. The van der Waals surface area contributed by atoms with Crippen LogP contribution in [-0.4, -0.2) is 71.8 Å². The fourth-order valence-corrected chi connectivity index (χ4v) is 3.94. The van der Waals surface area contributed by atoms with E-state index in [4.69, 9.17) is 0 Å². The van der Waals surface area contributed by atoms with E-state index in [1.54, 1.807) is 6.92 Å². The zero-order valence-electron chi connectivity index (χ0n) is 15.8. The SMILES string of the molecule is CC(=O)N(CCN1CCCCC1)C1CCCN(C(=O)CC(C)C)C1. The lowest BCUT2D eigenvalue weighted by Gasteiger charge is -2.40. The highest BCUT2D eigenvalue weighted by molar-refractivity contribution is 5.77. The van der Waals surface area contributed by atoms with E-state index in [9.17, 15) is 9.59 Å². The van der Waals surface area contributed by atoms with Gasteiger partial charge in [-0.15, -0.1) is 0 Å². The first-order valence-corrected chi connectivity index (χ1v) is 9.74. The molecule has 0 aromatic heterocycles. The predicted molar refractivity (Wildman–Crippen MR) is 96.7 cm³/mol. The number of rotatable bonds is 6. The van der Waals surface area contributed by atoms with Gasteiger partial charge in [-0.25, -0.2) is 0 Å². The molecule has 5 heteroatoms. The fraction of sp³-hybridized carbons (Fsp3) is 0.895. The number of likely N-dealkylation sites (tertiary alicyclic amines) is 2. The third kappa shape index (κ3) is 5.76. The summed E-state index contributed by atoms with van der Waals surface area (Å²) < 4.78 is 0. The summed E-state index contributed by atoms with van der Waals surface area (Å²) in [6, 6.07) is 0.192. The van der Waals surface area contributed by atoms with Gasteiger partial charge in [0, 0.05) is 45.6 Å². The van der Waals surface area contributed by atoms with Crippen LogP contribution in [0.4, 0.5) is 0 Å². The van der Waals surface area contributed by atoms with Crippen molar-refractivity contribution in [3.05, 3.63) is 0 Å². The van der Waals surface area contributed by atoms with Crippen LogP contribution in [0.25, 0.3) is 0 Å². The fourth-order valence-electron chi connectivity index (χ4n) is 3.94. The standard InChI is InChI=1S/C19H35N3O2/c1-16(2)14-19(24)21-11-7-8-18(15-21)22(17(3)23)13-12-20-9-5-4-6-10-20/h16,18H,4-15H2,1-3H3. The monoisotopic (exact) mass is 337 g/mol. The summed E-state index contributed by atoms with van der Waals surface area (Å²) in [5.41, 5.74) is 0. The molecule has 0 aromatic rings. The Bertz CT molecular complexity index is 419. The second kappa shape index (κ2) is 9.40. The maximum absolute atomic E-state index is 12.4. The van der Waals surface area contributed by atoms with Crippen molar-refractivity contribution < 1.29 is 9.59 Å². The Morgan fingerprint density at radius 3 is 2.42 bits per heavy atom. The van der Waals surface area contributed by atoms with E-state index >= 15 is 0 Å². The second-order valence-corrected chi connectivity index (χ2v) is 7.85. The van der Waals surface area contributed by atoms with Crippen molar-refractivity contribution >= 4 is 11.8 Å². The summed E-state index contributed by atoms with van der Waals surface area (Å²) in [6.45, 7) is 11.5. The Morgan fingerprint density at radius 1 is 1.08 bits per heavy atom. The number of nitrogens with zero attached hydrogens (tertiary/aromatic N) is 3. The van der Waals surface area contributed by atoms with E-state index in [0.29, 0.717) is 18.9 Å². The largest absolute Gasteiger partial charge is 0.341 e. The van der Waals surface area contributed by atoms with Gasteiger partial charge in [-0.3, -0.25) is 9.59 Å². The minimum Gasteiger partial charge on any atom is -0.341 e. The lowest BCUT2D eigenvalue weighted by atomic mass is 10.0. The lowest BCUT2D eigenvalue weighted by Crippen LogP contribution is -2.53. The maximum Gasteiger partial charge on any atom is 0.222 e. The highest BCUT2D eigenvalue weighted by atomic mass is 16.2. The molecule has 2 rings (SSSR count). The van der Waals surface area contributed by atoms with E-state index in [1.165, 1.54) is 19.3 Å².